The number of hydrogen-bond acceptors (Lipinski definition) is 3. The Morgan fingerprint density at radius 1 is 1.46 bits per heavy atom. The second-order valence-electron chi connectivity index (χ2n) is 2.42. The van der Waals surface area contributed by atoms with E-state index in [9.17, 15) is 4.79 Å². The minimum Gasteiger partial charge on any atom is -0.280 e. The molecule has 0 spiro atoms. The van der Waals surface area contributed by atoms with Crippen molar-refractivity contribution in [3.05, 3.63) is 28.0 Å². The number of amides is 1. The minimum atomic E-state index is -0.369. The number of carbonyl (C=O) groups is 1. The Kier molecular flexibility index (Phi) is 3.08. The SMILES string of the molecule is CN(N)C(=O)c1cc(Cl)nc(Cl)c1. The molecule has 6 heteroatoms. The lowest BCUT2D eigenvalue weighted by atomic mass is 10.2. The lowest BCUT2D eigenvalue weighted by Crippen LogP contribution is -2.33. The summed E-state index contributed by atoms with van der Waals surface area (Å²) in [5.41, 5.74) is 0.315. The molecule has 0 bridgehead atoms. The van der Waals surface area contributed by atoms with Gasteiger partial charge in [0.25, 0.3) is 5.91 Å². The Labute approximate surface area is 85.2 Å². The summed E-state index contributed by atoms with van der Waals surface area (Å²) < 4.78 is 0. The van der Waals surface area contributed by atoms with E-state index in [2.05, 4.69) is 4.98 Å². The van der Waals surface area contributed by atoms with E-state index in [1.807, 2.05) is 0 Å². The molecule has 0 saturated carbocycles. The number of halogens is 2. The van der Waals surface area contributed by atoms with Gasteiger partial charge in [-0.2, -0.15) is 0 Å². The molecule has 0 aromatic carbocycles. The van der Waals surface area contributed by atoms with Crippen molar-refractivity contribution in [2.45, 2.75) is 0 Å². The van der Waals surface area contributed by atoms with Crippen molar-refractivity contribution in [2.24, 2.45) is 5.84 Å². The zero-order valence-corrected chi connectivity index (χ0v) is 8.30. The van der Waals surface area contributed by atoms with E-state index >= 15 is 0 Å². The third kappa shape index (κ3) is 2.55. The predicted octanol–water partition coefficient (Wildman–Crippen LogP) is 1.33. The molecular weight excluding hydrogens is 213 g/mol. The van der Waals surface area contributed by atoms with Crippen LogP contribution in [-0.2, 0) is 0 Å². The van der Waals surface area contributed by atoms with E-state index in [-0.39, 0.29) is 16.2 Å². The number of rotatable bonds is 1. The highest BCUT2D eigenvalue weighted by Gasteiger charge is 2.10. The van der Waals surface area contributed by atoms with Gasteiger partial charge >= 0.3 is 0 Å². The molecule has 0 aliphatic rings. The van der Waals surface area contributed by atoms with Gasteiger partial charge in [-0.15, -0.1) is 0 Å². The molecule has 0 fully saturated rings. The Hall–Kier alpha value is -0.840. The Morgan fingerprint density at radius 3 is 2.31 bits per heavy atom. The van der Waals surface area contributed by atoms with Gasteiger partial charge in [-0.05, 0) is 12.1 Å². The number of hydrazine groups is 1. The molecule has 1 aromatic heterocycles. The molecule has 4 nitrogen and oxygen atoms in total. The number of nitrogens with zero attached hydrogens (tertiary/aromatic N) is 2. The van der Waals surface area contributed by atoms with Gasteiger partial charge < -0.3 is 0 Å². The van der Waals surface area contributed by atoms with Gasteiger partial charge in [0, 0.05) is 12.6 Å². The minimum absolute atomic E-state index is 0.165. The van der Waals surface area contributed by atoms with E-state index in [0.29, 0.717) is 5.56 Å². The molecule has 0 aliphatic heterocycles. The summed E-state index contributed by atoms with van der Waals surface area (Å²) >= 11 is 11.2. The number of nitrogens with two attached hydrogens (primary N) is 1. The molecule has 0 unspecified atom stereocenters. The molecular formula is C7H7Cl2N3O. The Balaban J connectivity index is 3.08. The zero-order chi connectivity index (χ0) is 10.0. The van der Waals surface area contributed by atoms with Crippen molar-refractivity contribution in [3.8, 4) is 0 Å². The first-order valence-electron chi connectivity index (χ1n) is 3.36. The van der Waals surface area contributed by atoms with Crippen LogP contribution in [0.5, 0.6) is 0 Å². The highest BCUT2D eigenvalue weighted by molar-refractivity contribution is 6.33. The van der Waals surface area contributed by atoms with Gasteiger partial charge in [0.2, 0.25) is 0 Å². The van der Waals surface area contributed by atoms with Crippen LogP contribution in [0.15, 0.2) is 12.1 Å². The van der Waals surface area contributed by atoms with E-state index in [0.717, 1.165) is 5.01 Å². The summed E-state index contributed by atoms with van der Waals surface area (Å²) in [4.78, 5) is 15.0. The van der Waals surface area contributed by atoms with Gasteiger partial charge in [0.05, 0.1) is 0 Å². The van der Waals surface area contributed by atoms with Crippen molar-refractivity contribution in [1.82, 2.24) is 9.99 Å². The zero-order valence-electron chi connectivity index (χ0n) is 6.79. The van der Waals surface area contributed by atoms with Gasteiger partial charge in [0.1, 0.15) is 10.3 Å². The maximum Gasteiger partial charge on any atom is 0.267 e. The highest BCUT2D eigenvalue weighted by Crippen LogP contribution is 2.15. The summed E-state index contributed by atoms with van der Waals surface area (Å²) in [6, 6.07) is 2.80. The van der Waals surface area contributed by atoms with E-state index in [4.69, 9.17) is 29.0 Å². The second kappa shape index (κ2) is 3.91. The quantitative estimate of drug-likeness (QED) is 0.336. The standard InChI is InChI=1S/C7H7Cl2N3O/c1-12(10)7(13)4-2-5(8)11-6(9)3-4/h2-3H,10H2,1H3. The van der Waals surface area contributed by atoms with Crippen LogP contribution >= 0.6 is 23.2 Å². The van der Waals surface area contributed by atoms with Crippen LogP contribution in [0.1, 0.15) is 10.4 Å². The normalized spacial score (nSPS) is 9.85. The first-order valence-corrected chi connectivity index (χ1v) is 4.12. The Bertz CT molecular complexity index is 320. The lowest BCUT2D eigenvalue weighted by molar-refractivity contribution is 0.0795. The summed E-state index contributed by atoms with van der Waals surface area (Å²) in [5.74, 6) is 4.88. The average molecular weight is 220 g/mol. The molecule has 70 valence electrons. The molecule has 1 heterocycles. The summed E-state index contributed by atoms with van der Waals surface area (Å²) in [5, 5.41) is 1.28. The molecule has 1 rings (SSSR count). The molecule has 0 saturated heterocycles. The summed E-state index contributed by atoms with van der Waals surface area (Å²) in [6.45, 7) is 0. The maximum atomic E-state index is 11.3. The highest BCUT2D eigenvalue weighted by atomic mass is 35.5. The molecule has 0 atom stereocenters. The summed E-state index contributed by atoms with van der Waals surface area (Å²) in [6.07, 6.45) is 0. The van der Waals surface area contributed by atoms with Gasteiger partial charge in [-0.1, -0.05) is 23.2 Å². The van der Waals surface area contributed by atoms with Crippen LogP contribution in [0.2, 0.25) is 10.3 Å². The number of carbonyl (C=O) groups excluding carboxylic acids is 1. The van der Waals surface area contributed by atoms with Gasteiger partial charge in [-0.25, -0.2) is 10.8 Å². The average Bonchev–Trinajstić information content (AvgIpc) is 2.01. The first-order chi connectivity index (χ1) is 6.00. The molecule has 13 heavy (non-hydrogen) atoms. The fourth-order valence-corrected chi connectivity index (χ4v) is 1.25. The third-order valence-corrected chi connectivity index (χ3v) is 1.72. The molecule has 0 aliphatic carbocycles. The van der Waals surface area contributed by atoms with Crippen LogP contribution < -0.4 is 5.84 Å². The van der Waals surface area contributed by atoms with Crippen LogP contribution in [0.25, 0.3) is 0 Å². The number of hydrogen-bond donors (Lipinski definition) is 1. The smallest absolute Gasteiger partial charge is 0.267 e. The van der Waals surface area contributed by atoms with Gasteiger partial charge in [0.15, 0.2) is 0 Å². The van der Waals surface area contributed by atoms with Crippen LogP contribution in [0.4, 0.5) is 0 Å². The Morgan fingerprint density at radius 2 is 1.92 bits per heavy atom. The number of aromatic nitrogens is 1. The monoisotopic (exact) mass is 219 g/mol. The van der Waals surface area contributed by atoms with Crippen molar-refractivity contribution in [2.75, 3.05) is 7.05 Å². The van der Waals surface area contributed by atoms with Crippen LogP contribution in [0.3, 0.4) is 0 Å². The van der Waals surface area contributed by atoms with E-state index < -0.39 is 0 Å². The molecule has 1 aromatic rings. The fourth-order valence-electron chi connectivity index (χ4n) is 0.792. The van der Waals surface area contributed by atoms with Crippen LogP contribution in [0, 0.1) is 0 Å². The topological polar surface area (TPSA) is 59.2 Å². The molecule has 1 amide bonds. The van der Waals surface area contributed by atoms with Crippen molar-refractivity contribution >= 4 is 29.1 Å². The van der Waals surface area contributed by atoms with E-state index in [1.165, 1.54) is 19.2 Å². The van der Waals surface area contributed by atoms with Gasteiger partial charge in [-0.3, -0.25) is 9.80 Å². The predicted molar refractivity (Wildman–Crippen MR) is 50.5 cm³/mol. The van der Waals surface area contributed by atoms with E-state index in [1.54, 1.807) is 0 Å². The largest absolute Gasteiger partial charge is 0.280 e. The summed E-state index contributed by atoms with van der Waals surface area (Å²) in [7, 11) is 1.44. The van der Waals surface area contributed by atoms with Crippen LogP contribution in [-0.4, -0.2) is 22.9 Å². The molecule has 2 N–H and O–H groups in total. The van der Waals surface area contributed by atoms with Crippen molar-refractivity contribution in [3.63, 3.8) is 0 Å². The molecule has 0 radical (unpaired) electrons. The van der Waals surface area contributed by atoms with Crippen molar-refractivity contribution in [1.29, 1.82) is 0 Å². The fraction of sp³-hybridized carbons (Fsp3) is 0.143. The second-order valence-corrected chi connectivity index (χ2v) is 3.19. The maximum absolute atomic E-state index is 11.3. The lowest BCUT2D eigenvalue weighted by Gasteiger charge is -2.09. The first kappa shape index (κ1) is 10.2. The third-order valence-electron chi connectivity index (χ3n) is 1.33. The number of pyridine rings is 1. The van der Waals surface area contributed by atoms with Crippen molar-refractivity contribution < 1.29 is 4.79 Å².